The first-order valence-corrected chi connectivity index (χ1v) is 18.3. The molecule has 4 N–H and O–H groups in total. The minimum atomic E-state index is -0.632. The Morgan fingerprint density at radius 3 is 1.61 bits per heavy atom. The molecule has 54 heavy (non-hydrogen) atoms. The first-order valence-electron chi connectivity index (χ1n) is 18.3. The molecule has 2 amide bonds. The number of nitro benzene ring substituents is 1. The highest BCUT2D eigenvalue weighted by Gasteiger charge is 2.33. The summed E-state index contributed by atoms with van der Waals surface area (Å²) in [6.45, 7) is 4.38. The van der Waals surface area contributed by atoms with Crippen LogP contribution in [0, 0.1) is 10.1 Å². The van der Waals surface area contributed by atoms with Crippen LogP contribution in [0.3, 0.4) is 0 Å². The second-order valence-corrected chi connectivity index (χ2v) is 13.3. The number of nitrogen functional groups attached to an aromatic ring is 1. The maximum Gasteiger partial charge on any atom is 0.286 e. The molecular weight excluding hydrogens is 704 g/mol. The van der Waals surface area contributed by atoms with Crippen molar-refractivity contribution in [1.29, 1.82) is 0 Å². The van der Waals surface area contributed by atoms with E-state index in [1.54, 1.807) is 24.0 Å². The number of ketones is 2. The molecule has 4 rings (SSSR count). The van der Waals surface area contributed by atoms with Crippen LogP contribution < -0.4 is 24.7 Å². The smallest absolute Gasteiger partial charge is 0.286 e. The Kier molecular flexibility index (Phi) is 17.4. The van der Waals surface area contributed by atoms with Gasteiger partial charge in [0.1, 0.15) is 17.1 Å². The summed E-state index contributed by atoms with van der Waals surface area (Å²) in [4.78, 5) is 62.0. The number of amides is 2. The summed E-state index contributed by atoms with van der Waals surface area (Å²) in [6.07, 6.45) is 6.91. The number of Topliss-reactive ketones (excluding diaryl/α,β-unsaturated/α-hetero) is 2. The van der Waals surface area contributed by atoms with Gasteiger partial charge in [0.15, 0.2) is 23.0 Å². The van der Waals surface area contributed by atoms with Crippen molar-refractivity contribution in [2.24, 2.45) is 0 Å². The zero-order valence-electron chi connectivity index (χ0n) is 31.7. The zero-order valence-corrected chi connectivity index (χ0v) is 31.7. The third kappa shape index (κ3) is 12.0. The molecule has 0 unspecified atom stereocenters. The minimum absolute atomic E-state index is 0.0301. The van der Waals surface area contributed by atoms with Crippen LogP contribution in [0.15, 0.2) is 24.3 Å². The molecule has 0 aliphatic carbocycles. The normalized spacial score (nSPS) is 16.8. The van der Waals surface area contributed by atoms with Crippen LogP contribution in [0.25, 0.3) is 0 Å². The molecule has 2 aliphatic heterocycles. The van der Waals surface area contributed by atoms with Gasteiger partial charge in [-0.3, -0.25) is 19.7 Å². The predicted octanol–water partition coefficient (Wildman–Crippen LogP) is 4.35. The standard InChI is InChI=1S/C19H26N2O7.C19H28N2O5/c1-13(23)6-5-9-28-18-11-16(21(25)26)15(10-17(18)27-2)19(24)20-8-4-3-7-14(20)12-22;1-13(23)6-5-9-26-18-11-16(20)15(10-17(18)25-2)19(24)21-8-4-3-7-14(21)12-22/h10-11,14,22H,3-9,12H2,1-2H3;10-11,14,22H,3-9,12,20H2,1-2H3/t2*14-/m00/s1. The summed E-state index contributed by atoms with van der Waals surface area (Å²) < 4.78 is 21.8. The van der Waals surface area contributed by atoms with E-state index in [0.717, 1.165) is 32.1 Å². The Morgan fingerprint density at radius 2 is 1.19 bits per heavy atom. The fourth-order valence-electron chi connectivity index (χ4n) is 6.41. The molecule has 2 heterocycles. The second-order valence-electron chi connectivity index (χ2n) is 13.3. The van der Waals surface area contributed by atoms with Crippen molar-refractivity contribution in [2.45, 2.75) is 90.1 Å². The average molecular weight is 759 g/mol. The van der Waals surface area contributed by atoms with Crippen LogP contribution in [0.5, 0.6) is 23.0 Å². The number of ether oxygens (including phenoxy) is 4. The fraction of sp³-hybridized carbons (Fsp3) is 0.579. The highest BCUT2D eigenvalue weighted by Crippen LogP contribution is 2.37. The van der Waals surface area contributed by atoms with Crippen LogP contribution in [-0.2, 0) is 9.59 Å². The number of likely N-dealkylation sites (tertiary alicyclic amines) is 2. The lowest BCUT2D eigenvalue weighted by Gasteiger charge is -2.35. The number of hydrogen-bond donors (Lipinski definition) is 3. The number of piperidine rings is 2. The molecule has 0 saturated carbocycles. The quantitative estimate of drug-likeness (QED) is 0.0885. The number of nitro groups is 1. The van der Waals surface area contributed by atoms with Gasteiger partial charge in [-0.1, -0.05) is 0 Å². The summed E-state index contributed by atoms with van der Waals surface area (Å²) in [7, 11) is 2.88. The number of aliphatic hydroxyl groups is 2. The molecule has 2 aromatic rings. The second kappa shape index (κ2) is 21.7. The van der Waals surface area contributed by atoms with E-state index in [1.165, 1.54) is 38.2 Å². The van der Waals surface area contributed by atoms with Crippen molar-refractivity contribution < 1.29 is 53.3 Å². The van der Waals surface area contributed by atoms with Crippen LogP contribution in [-0.4, -0.2) is 114 Å². The Balaban J connectivity index is 0.000000291. The number of anilines is 1. The van der Waals surface area contributed by atoms with Gasteiger partial charge in [-0.25, -0.2) is 0 Å². The monoisotopic (exact) mass is 758 g/mol. The number of nitrogens with two attached hydrogens (primary N) is 1. The first-order chi connectivity index (χ1) is 25.9. The van der Waals surface area contributed by atoms with Gasteiger partial charge >= 0.3 is 0 Å². The van der Waals surface area contributed by atoms with Crippen LogP contribution in [0.1, 0.15) is 98.8 Å². The molecule has 2 atom stereocenters. The lowest BCUT2D eigenvalue weighted by molar-refractivity contribution is -0.385. The number of methoxy groups -OCH3 is 2. The Labute approximate surface area is 315 Å². The summed E-state index contributed by atoms with van der Waals surface area (Å²) in [5, 5.41) is 30.7. The average Bonchev–Trinajstić information content (AvgIpc) is 3.17. The molecule has 0 radical (unpaired) electrons. The van der Waals surface area contributed by atoms with Crippen LogP contribution in [0.2, 0.25) is 0 Å². The van der Waals surface area contributed by atoms with Gasteiger partial charge in [0.05, 0.1) is 69.3 Å². The van der Waals surface area contributed by atoms with Gasteiger partial charge in [0, 0.05) is 43.8 Å². The van der Waals surface area contributed by atoms with E-state index in [4.69, 9.17) is 24.7 Å². The largest absolute Gasteiger partial charge is 0.493 e. The zero-order chi connectivity index (χ0) is 39.8. The number of carbonyl (C=O) groups is 4. The van der Waals surface area contributed by atoms with E-state index in [1.807, 2.05) is 0 Å². The third-order valence-corrected chi connectivity index (χ3v) is 9.33. The van der Waals surface area contributed by atoms with Crippen LogP contribution >= 0.6 is 0 Å². The van der Waals surface area contributed by atoms with E-state index in [9.17, 15) is 39.5 Å². The highest BCUT2D eigenvalue weighted by molar-refractivity contribution is 6.00. The van der Waals surface area contributed by atoms with Gasteiger partial charge in [0.2, 0.25) is 0 Å². The van der Waals surface area contributed by atoms with E-state index in [0.29, 0.717) is 74.6 Å². The topological polar surface area (TPSA) is 221 Å². The molecule has 2 aromatic carbocycles. The molecule has 2 aliphatic rings. The number of rotatable bonds is 17. The molecule has 2 saturated heterocycles. The predicted molar refractivity (Wildman–Crippen MR) is 199 cm³/mol. The number of nitrogens with zero attached hydrogens (tertiary/aromatic N) is 3. The van der Waals surface area contributed by atoms with E-state index < -0.39 is 10.8 Å². The lowest BCUT2D eigenvalue weighted by atomic mass is 10.0. The number of hydrogen-bond acceptors (Lipinski definition) is 13. The summed E-state index contributed by atoms with van der Waals surface area (Å²) >= 11 is 0. The fourth-order valence-corrected chi connectivity index (χ4v) is 6.41. The minimum Gasteiger partial charge on any atom is -0.493 e. The summed E-state index contributed by atoms with van der Waals surface area (Å²) in [5.74, 6) is 0.643. The summed E-state index contributed by atoms with van der Waals surface area (Å²) in [6, 6.07) is 5.12. The molecule has 0 bridgehead atoms. The van der Waals surface area contributed by atoms with Crippen molar-refractivity contribution in [3.05, 3.63) is 45.5 Å². The maximum absolute atomic E-state index is 13.0. The van der Waals surface area contributed by atoms with Gasteiger partial charge in [-0.05, 0) is 71.3 Å². The van der Waals surface area contributed by atoms with Crippen molar-refractivity contribution in [3.63, 3.8) is 0 Å². The molecule has 0 aromatic heterocycles. The summed E-state index contributed by atoms with van der Waals surface area (Å²) in [5.41, 5.74) is 6.26. The number of carbonyl (C=O) groups excluding carboxylic acids is 4. The van der Waals surface area contributed by atoms with Gasteiger partial charge in [-0.15, -0.1) is 0 Å². The Bertz CT molecular complexity index is 1620. The molecule has 2 fully saturated rings. The SMILES string of the molecule is COc1cc(C(=O)N2CCCC[C@H]2CO)c(N)cc1OCCCC(C)=O.COc1cc(C(=O)N2CCCC[C@H]2CO)c([N+](=O)[O-])cc1OCCCC(C)=O. The van der Waals surface area contributed by atoms with E-state index in [2.05, 4.69) is 0 Å². The molecule has 16 nitrogen and oxygen atoms in total. The van der Waals surface area contributed by atoms with Gasteiger partial charge in [-0.2, -0.15) is 0 Å². The number of aliphatic hydroxyl groups excluding tert-OH is 2. The van der Waals surface area contributed by atoms with Crippen molar-refractivity contribution in [1.82, 2.24) is 9.80 Å². The van der Waals surface area contributed by atoms with Crippen molar-refractivity contribution in [2.75, 3.05) is 59.5 Å². The van der Waals surface area contributed by atoms with E-state index in [-0.39, 0.29) is 72.1 Å². The Morgan fingerprint density at radius 1 is 0.741 bits per heavy atom. The number of benzene rings is 2. The van der Waals surface area contributed by atoms with Crippen LogP contribution in [0.4, 0.5) is 11.4 Å². The van der Waals surface area contributed by atoms with Gasteiger partial charge < -0.3 is 54.3 Å². The van der Waals surface area contributed by atoms with Gasteiger partial charge in [0.25, 0.3) is 17.5 Å². The molecule has 16 heteroatoms. The van der Waals surface area contributed by atoms with E-state index >= 15 is 0 Å². The first kappa shape index (κ1) is 43.4. The van der Waals surface area contributed by atoms with Crippen molar-refractivity contribution >= 4 is 34.8 Å². The third-order valence-electron chi connectivity index (χ3n) is 9.33. The lowest BCUT2D eigenvalue weighted by Crippen LogP contribution is -2.45. The molecule has 298 valence electrons. The molecular formula is C38H54N4O12. The Hall–Kier alpha value is -4.96. The molecule has 0 spiro atoms. The van der Waals surface area contributed by atoms with Crippen molar-refractivity contribution in [3.8, 4) is 23.0 Å². The highest BCUT2D eigenvalue weighted by atomic mass is 16.6. The maximum atomic E-state index is 13.0.